The summed E-state index contributed by atoms with van der Waals surface area (Å²) in [4.78, 5) is 0. The van der Waals surface area contributed by atoms with E-state index in [1.54, 1.807) is 6.07 Å². The molecule has 0 atom stereocenters. The van der Waals surface area contributed by atoms with Crippen molar-refractivity contribution in [1.82, 2.24) is 5.32 Å². The van der Waals surface area contributed by atoms with Crippen molar-refractivity contribution in [2.24, 2.45) is 0 Å². The van der Waals surface area contributed by atoms with E-state index in [1.165, 1.54) is 18.9 Å². The van der Waals surface area contributed by atoms with Crippen molar-refractivity contribution in [3.63, 3.8) is 0 Å². The number of para-hydroxylation sites is 2. The van der Waals surface area contributed by atoms with Crippen LogP contribution in [0.4, 0.5) is 4.39 Å². The van der Waals surface area contributed by atoms with Crippen molar-refractivity contribution in [2.75, 3.05) is 0 Å². The lowest BCUT2D eigenvalue weighted by atomic mass is 10.2. The maximum absolute atomic E-state index is 13.9. The normalized spacial score (nSPS) is 14.4. The van der Waals surface area contributed by atoms with Crippen LogP contribution in [-0.2, 0) is 6.54 Å². The third kappa shape index (κ3) is 3.12. The number of halogens is 1. The molecule has 1 fully saturated rings. The zero-order valence-electron chi connectivity index (χ0n) is 10.6. The molecule has 2 aromatic rings. The van der Waals surface area contributed by atoms with Gasteiger partial charge < -0.3 is 10.1 Å². The Balaban J connectivity index is 1.81. The Hall–Kier alpha value is -1.87. The molecule has 1 saturated carbocycles. The average Bonchev–Trinajstić information content (AvgIpc) is 3.25. The first-order chi connectivity index (χ1) is 9.33. The van der Waals surface area contributed by atoms with Gasteiger partial charge in [0.15, 0.2) is 11.6 Å². The Labute approximate surface area is 112 Å². The van der Waals surface area contributed by atoms with Gasteiger partial charge in [-0.15, -0.1) is 0 Å². The minimum atomic E-state index is -0.320. The standard InChI is InChI=1S/C16H16FNO/c17-15-8-4-5-12(11-18-13-9-10-13)16(15)19-14-6-2-1-3-7-14/h1-8,13,18H,9-11H2. The largest absolute Gasteiger partial charge is 0.454 e. The first-order valence-corrected chi connectivity index (χ1v) is 6.56. The van der Waals surface area contributed by atoms with Crippen LogP contribution in [0.3, 0.4) is 0 Å². The molecule has 3 rings (SSSR count). The van der Waals surface area contributed by atoms with Crippen LogP contribution in [0.1, 0.15) is 18.4 Å². The summed E-state index contributed by atoms with van der Waals surface area (Å²) in [5.74, 6) is 0.654. The molecular weight excluding hydrogens is 241 g/mol. The fourth-order valence-electron chi connectivity index (χ4n) is 1.96. The molecule has 1 aliphatic carbocycles. The third-order valence-electron chi connectivity index (χ3n) is 3.17. The number of benzene rings is 2. The zero-order chi connectivity index (χ0) is 13.1. The summed E-state index contributed by atoms with van der Waals surface area (Å²) >= 11 is 0. The summed E-state index contributed by atoms with van der Waals surface area (Å²) in [5, 5.41) is 3.38. The first kappa shape index (κ1) is 12.2. The van der Waals surface area contributed by atoms with Crippen molar-refractivity contribution in [2.45, 2.75) is 25.4 Å². The van der Waals surface area contributed by atoms with Gasteiger partial charge in [0, 0.05) is 18.2 Å². The quantitative estimate of drug-likeness (QED) is 0.878. The summed E-state index contributed by atoms with van der Waals surface area (Å²) in [6.45, 7) is 0.643. The lowest BCUT2D eigenvalue weighted by Crippen LogP contribution is -2.16. The van der Waals surface area contributed by atoms with Crippen LogP contribution in [0.25, 0.3) is 0 Å². The van der Waals surface area contributed by atoms with Crippen LogP contribution in [0.5, 0.6) is 11.5 Å². The van der Waals surface area contributed by atoms with Gasteiger partial charge in [0.1, 0.15) is 5.75 Å². The third-order valence-corrected chi connectivity index (χ3v) is 3.17. The first-order valence-electron chi connectivity index (χ1n) is 6.56. The van der Waals surface area contributed by atoms with Gasteiger partial charge in [0.25, 0.3) is 0 Å². The number of ether oxygens (including phenoxy) is 1. The highest BCUT2D eigenvalue weighted by Gasteiger charge is 2.21. The van der Waals surface area contributed by atoms with E-state index in [0.717, 1.165) is 5.56 Å². The maximum atomic E-state index is 13.9. The van der Waals surface area contributed by atoms with E-state index >= 15 is 0 Å². The Bertz CT molecular complexity index is 552. The fourth-order valence-corrected chi connectivity index (χ4v) is 1.96. The van der Waals surface area contributed by atoms with E-state index in [1.807, 2.05) is 36.4 Å². The second-order valence-electron chi connectivity index (χ2n) is 4.80. The molecule has 0 unspecified atom stereocenters. The van der Waals surface area contributed by atoms with E-state index in [9.17, 15) is 4.39 Å². The topological polar surface area (TPSA) is 21.3 Å². The predicted octanol–water partition coefficient (Wildman–Crippen LogP) is 3.87. The minimum absolute atomic E-state index is 0.320. The molecule has 0 aliphatic heterocycles. The molecule has 19 heavy (non-hydrogen) atoms. The van der Waals surface area contributed by atoms with Crippen LogP contribution < -0.4 is 10.1 Å². The zero-order valence-corrected chi connectivity index (χ0v) is 10.6. The molecule has 0 amide bonds. The summed E-state index contributed by atoms with van der Waals surface area (Å²) in [7, 11) is 0. The van der Waals surface area contributed by atoms with Gasteiger partial charge in [0.05, 0.1) is 0 Å². The molecule has 0 aromatic heterocycles. The van der Waals surface area contributed by atoms with Crippen molar-refractivity contribution >= 4 is 0 Å². The van der Waals surface area contributed by atoms with E-state index in [2.05, 4.69) is 5.32 Å². The molecule has 3 heteroatoms. The van der Waals surface area contributed by atoms with E-state index in [0.29, 0.717) is 24.1 Å². The molecule has 0 radical (unpaired) electrons. The second-order valence-corrected chi connectivity index (χ2v) is 4.80. The van der Waals surface area contributed by atoms with Crippen LogP contribution in [-0.4, -0.2) is 6.04 Å². The van der Waals surface area contributed by atoms with Gasteiger partial charge in [-0.05, 0) is 31.0 Å². The monoisotopic (exact) mass is 257 g/mol. The molecular formula is C16H16FNO. The smallest absolute Gasteiger partial charge is 0.167 e. The Morgan fingerprint density at radius 3 is 2.58 bits per heavy atom. The van der Waals surface area contributed by atoms with Gasteiger partial charge in [-0.25, -0.2) is 4.39 Å². The highest BCUT2D eigenvalue weighted by Crippen LogP contribution is 2.29. The van der Waals surface area contributed by atoms with Crippen molar-refractivity contribution in [3.05, 3.63) is 59.9 Å². The average molecular weight is 257 g/mol. The molecule has 1 N–H and O–H groups in total. The van der Waals surface area contributed by atoms with Crippen LogP contribution in [0.15, 0.2) is 48.5 Å². The van der Waals surface area contributed by atoms with E-state index in [-0.39, 0.29) is 5.82 Å². The summed E-state index contributed by atoms with van der Waals surface area (Å²) in [6, 6.07) is 14.9. The highest BCUT2D eigenvalue weighted by molar-refractivity contribution is 5.39. The molecule has 1 aliphatic rings. The van der Waals surface area contributed by atoms with Crippen molar-refractivity contribution < 1.29 is 9.13 Å². The molecule has 0 spiro atoms. The SMILES string of the molecule is Fc1cccc(CNC2CC2)c1Oc1ccccc1. The molecule has 0 bridgehead atoms. The van der Waals surface area contributed by atoms with Crippen molar-refractivity contribution in [1.29, 1.82) is 0 Å². The van der Waals surface area contributed by atoms with E-state index in [4.69, 9.17) is 4.74 Å². The Morgan fingerprint density at radius 2 is 1.84 bits per heavy atom. The second kappa shape index (κ2) is 5.41. The van der Waals surface area contributed by atoms with Gasteiger partial charge in [0.2, 0.25) is 0 Å². The number of hydrogen-bond donors (Lipinski definition) is 1. The molecule has 2 nitrogen and oxygen atoms in total. The van der Waals surface area contributed by atoms with Gasteiger partial charge in [-0.1, -0.05) is 30.3 Å². The molecule has 2 aromatic carbocycles. The minimum Gasteiger partial charge on any atom is -0.454 e. The van der Waals surface area contributed by atoms with Crippen LogP contribution in [0.2, 0.25) is 0 Å². The van der Waals surface area contributed by atoms with Gasteiger partial charge in [-0.3, -0.25) is 0 Å². The summed E-state index contributed by atoms with van der Waals surface area (Å²) < 4.78 is 19.6. The predicted molar refractivity (Wildman–Crippen MR) is 72.8 cm³/mol. The fraction of sp³-hybridized carbons (Fsp3) is 0.250. The lowest BCUT2D eigenvalue weighted by Gasteiger charge is -2.12. The van der Waals surface area contributed by atoms with Crippen molar-refractivity contribution in [3.8, 4) is 11.5 Å². The lowest BCUT2D eigenvalue weighted by molar-refractivity contribution is 0.433. The highest BCUT2D eigenvalue weighted by atomic mass is 19.1. The van der Waals surface area contributed by atoms with Crippen LogP contribution >= 0.6 is 0 Å². The van der Waals surface area contributed by atoms with Gasteiger partial charge in [-0.2, -0.15) is 0 Å². The summed E-state index contributed by atoms with van der Waals surface area (Å²) in [5.41, 5.74) is 0.857. The molecule has 98 valence electrons. The number of rotatable bonds is 5. The van der Waals surface area contributed by atoms with E-state index < -0.39 is 0 Å². The number of nitrogens with one attached hydrogen (secondary N) is 1. The van der Waals surface area contributed by atoms with Crippen LogP contribution in [0, 0.1) is 5.82 Å². The van der Waals surface area contributed by atoms with Gasteiger partial charge >= 0.3 is 0 Å². The molecule has 0 saturated heterocycles. The number of hydrogen-bond acceptors (Lipinski definition) is 2. The maximum Gasteiger partial charge on any atom is 0.167 e. The Kier molecular flexibility index (Phi) is 3.47. The Morgan fingerprint density at radius 1 is 1.05 bits per heavy atom. The molecule has 0 heterocycles. The summed E-state index contributed by atoms with van der Waals surface area (Å²) in [6.07, 6.45) is 2.42.